The Balaban J connectivity index is 0.00000256. The molecular weight excluding hydrogens is 231 g/mol. The molecule has 0 bridgehead atoms. The number of hydrogen-bond donors (Lipinski definition) is 2. The van der Waals surface area contributed by atoms with E-state index < -0.39 is 23.3 Å². The zero-order valence-corrected chi connectivity index (χ0v) is 12.5. The Labute approximate surface area is 123 Å². The Kier molecular flexibility index (Phi) is 6.67. The first kappa shape index (κ1) is 16.4. The van der Waals surface area contributed by atoms with Crippen molar-refractivity contribution in [3.05, 3.63) is 12.2 Å². The van der Waals surface area contributed by atoms with Gasteiger partial charge < -0.3 is 0 Å². The molecule has 0 aromatic carbocycles. The Bertz CT molecular complexity index is 333. The van der Waals surface area contributed by atoms with E-state index in [2.05, 4.69) is 10.6 Å². The molecule has 0 spiro atoms. The van der Waals surface area contributed by atoms with E-state index in [1.165, 1.54) is 0 Å². The van der Waals surface area contributed by atoms with Gasteiger partial charge in [0.1, 0.15) is 5.41 Å². The molecule has 1 aliphatic heterocycles. The van der Waals surface area contributed by atoms with Gasteiger partial charge in [-0.3, -0.25) is 20.2 Å². The van der Waals surface area contributed by atoms with E-state index in [-0.39, 0.29) is 29.6 Å². The molecule has 0 atom stereocenters. The maximum atomic E-state index is 11.8. The molecule has 0 saturated carbocycles. The van der Waals surface area contributed by atoms with Crippen molar-refractivity contribution in [2.45, 2.75) is 33.1 Å². The van der Waals surface area contributed by atoms with Crippen molar-refractivity contribution in [3.63, 3.8) is 0 Å². The minimum atomic E-state index is -1.22. The molecule has 0 radical (unpaired) electrons. The van der Waals surface area contributed by atoms with Crippen LogP contribution in [0.3, 0.4) is 0 Å². The van der Waals surface area contributed by atoms with Gasteiger partial charge in [0.15, 0.2) is 0 Å². The monoisotopic (exact) mass is 247 g/mol. The summed E-state index contributed by atoms with van der Waals surface area (Å²) in [6.45, 7) is 3.72. The quantitative estimate of drug-likeness (QED) is 0.346. The van der Waals surface area contributed by atoms with E-state index in [4.69, 9.17) is 0 Å². The summed E-state index contributed by atoms with van der Waals surface area (Å²) in [6.07, 6.45) is 5.26. The molecule has 1 heterocycles. The summed E-state index contributed by atoms with van der Waals surface area (Å²) in [4.78, 5) is 34.5. The summed E-state index contributed by atoms with van der Waals surface area (Å²) >= 11 is 0. The van der Waals surface area contributed by atoms with Crippen molar-refractivity contribution >= 4 is 17.8 Å². The molecule has 1 aliphatic rings. The molecule has 4 amide bonds. The Morgan fingerprint density at radius 2 is 1.71 bits per heavy atom. The van der Waals surface area contributed by atoms with Gasteiger partial charge >= 0.3 is 35.6 Å². The van der Waals surface area contributed by atoms with Crippen molar-refractivity contribution in [1.29, 1.82) is 0 Å². The van der Waals surface area contributed by atoms with Gasteiger partial charge in [0, 0.05) is 0 Å². The average molecular weight is 247 g/mol. The van der Waals surface area contributed by atoms with Gasteiger partial charge in [0.05, 0.1) is 0 Å². The SMILES string of the molecule is C/C=C/C1(CCCC)C(=O)NC(=O)NC1=O.[Na+]. The largest absolute Gasteiger partial charge is 1.00 e. The zero-order valence-electron chi connectivity index (χ0n) is 10.5. The molecule has 0 aromatic rings. The molecule has 6 heteroatoms. The van der Waals surface area contributed by atoms with Crippen molar-refractivity contribution < 1.29 is 43.9 Å². The van der Waals surface area contributed by atoms with Crippen LogP contribution in [0.15, 0.2) is 12.2 Å². The first-order valence-corrected chi connectivity index (χ1v) is 5.37. The average Bonchev–Trinajstić information content (AvgIpc) is 2.22. The van der Waals surface area contributed by atoms with Crippen LogP contribution in [-0.4, -0.2) is 17.8 Å². The predicted molar refractivity (Wildman–Crippen MR) is 58.5 cm³/mol. The van der Waals surface area contributed by atoms with E-state index in [0.29, 0.717) is 6.42 Å². The van der Waals surface area contributed by atoms with Crippen LogP contribution in [0, 0.1) is 5.41 Å². The van der Waals surface area contributed by atoms with Crippen LogP contribution in [0.25, 0.3) is 0 Å². The molecule has 2 N–H and O–H groups in total. The third-order valence-electron chi connectivity index (χ3n) is 2.64. The van der Waals surface area contributed by atoms with Crippen molar-refractivity contribution in [3.8, 4) is 0 Å². The molecular formula is C11H16N2NaO3+. The Morgan fingerprint density at radius 1 is 1.18 bits per heavy atom. The van der Waals surface area contributed by atoms with Crippen LogP contribution in [0.4, 0.5) is 4.79 Å². The van der Waals surface area contributed by atoms with Crippen LogP contribution >= 0.6 is 0 Å². The minimum Gasteiger partial charge on any atom is -0.277 e. The number of imide groups is 2. The number of hydrogen-bond acceptors (Lipinski definition) is 3. The first-order valence-electron chi connectivity index (χ1n) is 5.37. The van der Waals surface area contributed by atoms with E-state index >= 15 is 0 Å². The fourth-order valence-corrected chi connectivity index (χ4v) is 1.77. The molecule has 1 fully saturated rings. The van der Waals surface area contributed by atoms with Crippen molar-refractivity contribution in [2.75, 3.05) is 0 Å². The molecule has 0 unspecified atom stereocenters. The van der Waals surface area contributed by atoms with E-state index in [1.54, 1.807) is 19.1 Å². The Morgan fingerprint density at radius 3 is 2.12 bits per heavy atom. The molecule has 17 heavy (non-hydrogen) atoms. The van der Waals surface area contributed by atoms with Crippen molar-refractivity contribution in [1.82, 2.24) is 10.6 Å². The van der Waals surface area contributed by atoms with Crippen LogP contribution in [0.5, 0.6) is 0 Å². The number of barbiturate groups is 1. The second-order valence-electron chi connectivity index (χ2n) is 3.81. The molecule has 0 aliphatic carbocycles. The van der Waals surface area contributed by atoms with Gasteiger partial charge in [-0.1, -0.05) is 31.9 Å². The van der Waals surface area contributed by atoms with Crippen LogP contribution in [0.1, 0.15) is 33.1 Å². The smallest absolute Gasteiger partial charge is 0.277 e. The predicted octanol–water partition coefficient (Wildman–Crippen LogP) is -1.89. The Hall–Kier alpha value is -0.650. The number of amides is 4. The van der Waals surface area contributed by atoms with Gasteiger partial charge in [-0.15, -0.1) is 0 Å². The third kappa shape index (κ3) is 3.40. The summed E-state index contributed by atoms with van der Waals surface area (Å²) in [5.41, 5.74) is -1.22. The second-order valence-corrected chi connectivity index (χ2v) is 3.81. The fourth-order valence-electron chi connectivity index (χ4n) is 1.77. The second kappa shape index (κ2) is 6.93. The molecule has 1 saturated heterocycles. The van der Waals surface area contributed by atoms with Gasteiger partial charge in [0.2, 0.25) is 11.8 Å². The maximum absolute atomic E-state index is 11.8. The fraction of sp³-hybridized carbons (Fsp3) is 0.545. The zero-order chi connectivity index (χ0) is 12.2. The minimum absolute atomic E-state index is 0. The summed E-state index contributed by atoms with van der Waals surface area (Å²) in [5.74, 6) is -1.07. The van der Waals surface area contributed by atoms with E-state index in [9.17, 15) is 14.4 Å². The number of unbranched alkanes of at least 4 members (excludes halogenated alkanes) is 1. The normalized spacial score (nSPS) is 18.6. The van der Waals surface area contributed by atoms with Crippen LogP contribution in [-0.2, 0) is 9.59 Å². The number of allylic oxidation sites excluding steroid dienone is 1. The maximum Gasteiger partial charge on any atom is 1.00 e. The summed E-state index contributed by atoms with van der Waals surface area (Å²) in [6, 6.07) is -0.744. The van der Waals surface area contributed by atoms with Gasteiger partial charge in [0.25, 0.3) is 0 Å². The number of carbonyl (C=O) groups excluding carboxylic acids is 3. The van der Waals surface area contributed by atoms with Gasteiger partial charge in [-0.2, -0.15) is 0 Å². The number of nitrogens with one attached hydrogen (secondary N) is 2. The van der Waals surface area contributed by atoms with Gasteiger partial charge in [-0.05, 0) is 13.3 Å². The summed E-state index contributed by atoms with van der Waals surface area (Å²) in [7, 11) is 0. The van der Waals surface area contributed by atoms with E-state index in [1.807, 2.05) is 6.92 Å². The first-order chi connectivity index (χ1) is 7.56. The van der Waals surface area contributed by atoms with E-state index in [0.717, 1.165) is 12.8 Å². The van der Waals surface area contributed by atoms with Gasteiger partial charge in [-0.25, -0.2) is 4.79 Å². The molecule has 88 valence electrons. The number of rotatable bonds is 4. The van der Waals surface area contributed by atoms with Crippen molar-refractivity contribution in [2.24, 2.45) is 5.41 Å². The topological polar surface area (TPSA) is 75.3 Å². The summed E-state index contributed by atoms with van der Waals surface area (Å²) in [5, 5.41) is 4.27. The standard InChI is InChI=1S/C11H16N2O3.Na/c1-3-5-7-11(6-4-2)8(14)12-10(16)13-9(11)15;/h4,6H,3,5,7H2,1-2H3,(H2,12,13,14,15,16);/q;+1/b6-4+;. The molecule has 5 nitrogen and oxygen atoms in total. The number of carbonyl (C=O) groups is 3. The number of urea groups is 1. The van der Waals surface area contributed by atoms with Crippen LogP contribution in [0.2, 0.25) is 0 Å². The molecule has 1 rings (SSSR count). The third-order valence-corrected chi connectivity index (χ3v) is 2.64. The van der Waals surface area contributed by atoms with Crippen LogP contribution < -0.4 is 40.2 Å². The summed E-state index contributed by atoms with van der Waals surface area (Å²) < 4.78 is 0. The molecule has 0 aromatic heterocycles.